The van der Waals surface area contributed by atoms with Crippen LogP contribution in [0.3, 0.4) is 0 Å². The highest BCUT2D eigenvalue weighted by Gasteiger charge is 2.13. The highest BCUT2D eigenvalue weighted by Crippen LogP contribution is 2.36. The van der Waals surface area contributed by atoms with Crippen LogP contribution in [0.5, 0.6) is 23.0 Å². The van der Waals surface area contributed by atoms with Gasteiger partial charge in [0.1, 0.15) is 39.1 Å². The maximum Gasteiger partial charge on any atom is 0.124 e. The predicted molar refractivity (Wildman–Crippen MR) is 174 cm³/mol. The third-order valence-corrected chi connectivity index (χ3v) is 9.08. The van der Waals surface area contributed by atoms with Gasteiger partial charge in [-0.3, -0.25) is 0 Å². The first-order valence-electron chi connectivity index (χ1n) is 12.3. The van der Waals surface area contributed by atoms with Gasteiger partial charge in [-0.2, -0.15) is 5.26 Å². The predicted octanol–water partition coefficient (Wildman–Crippen LogP) is 8.44. The van der Waals surface area contributed by atoms with E-state index in [2.05, 4.69) is 33.6 Å². The molecule has 0 amide bonds. The zero-order valence-electron chi connectivity index (χ0n) is 22.6. The number of thiazole rings is 2. The molecule has 4 aromatic carbocycles. The van der Waals surface area contributed by atoms with Gasteiger partial charge in [-0.25, -0.2) is 9.97 Å². The lowest BCUT2D eigenvalue weighted by Gasteiger charge is -2.00. The van der Waals surface area contributed by atoms with Crippen molar-refractivity contribution >= 4 is 65.7 Å². The summed E-state index contributed by atoms with van der Waals surface area (Å²) in [7, 11) is 6.58. The SMILES string of the molecule is COc1ccc(-c2nc3c(C#N)cc(OC)cc3s2)cc1.COc1ccc(-c2nc3c(I)cc(OC)cc3s2)cc1. The average Bonchev–Trinajstić information content (AvgIpc) is 3.66. The smallest absolute Gasteiger partial charge is 0.124 e. The van der Waals surface area contributed by atoms with Crippen molar-refractivity contribution < 1.29 is 18.9 Å². The summed E-state index contributed by atoms with van der Waals surface area (Å²) in [6.07, 6.45) is 0. The van der Waals surface area contributed by atoms with E-state index in [-0.39, 0.29) is 0 Å². The molecule has 0 N–H and O–H groups in total. The molecule has 0 fully saturated rings. The Labute approximate surface area is 259 Å². The van der Waals surface area contributed by atoms with Crippen LogP contribution in [-0.4, -0.2) is 38.4 Å². The van der Waals surface area contributed by atoms with Crippen molar-refractivity contribution in [2.24, 2.45) is 0 Å². The van der Waals surface area contributed by atoms with Crippen molar-refractivity contribution in [3.05, 3.63) is 81.9 Å². The monoisotopic (exact) mass is 693 g/mol. The van der Waals surface area contributed by atoms with E-state index in [0.717, 1.165) is 56.9 Å². The van der Waals surface area contributed by atoms with Crippen LogP contribution in [0, 0.1) is 14.9 Å². The Morgan fingerprint density at radius 1 is 0.610 bits per heavy atom. The third kappa shape index (κ3) is 6.22. The Balaban J connectivity index is 0.000000165. The number of halogens is 1. The summed E-state index contributed by atoms with van der Waals surface area (Å²) in [5.41, 5.74) is 4.37. The summed E-state index contributed by atoms with van der Waals surface area (Å²) < 4.78 is 24.0. The lowest BCUT2D eigenvalue weighted by molar-refractivity contribution is 0.415. The van der Waals surface area contributed by atoms with Gasteiger partial charge in [-0.15, -0.1) is 22.7 Å². The number of benzene rings is 4. The zero-order valence-corrected chi connectivity index (χ0v) is 26.4. The summed E-state index contributed by atoms with van der Waals surface area (Å²) in [5.74, 6) is 3.20. The Morgan fingerprint density at radius 3 is 1.51 bits per heavy atom. The lowest BCUT2D eigenvalue weighted by Crippen LogP contribution is -1.85. The van der Waals surface area contributed by atoms with Gasteiger partial charge in [0.05, 0.1) is 54.4 Å². The molecular weight excluding hydrogens is 669 g/mol. The molecule has 0 atom stereocenters. The van der Waals surface area contributed by atoms with Crippen LogP contribution in [0.15, 0.2) is 72.8 Å². The van der Waals surface area contributed by atoms with Gasteiger partial charge in [0, 0.05) is 20.8 Å². The molecule has 7 nitrogen and oxygen atoms in total. The molecule has 206 valence electrons. The first-order valence-corrected chi connectivity index (χ1v) is 15.0. The fourth-order valence-corrected chi connectivity index (χ4v) is 6.96. The third-order valence-electron chi connectivity index (χ3n) is 6.16. The van der Waals surface area contributed by atoms with Crippen LogP contribution >= 0.6 is 45.3 Å². The van der Waals surface area contributed by atoms with Crippen LogP contribution in [0.2, 0.25) is 0 Å². The maximum atomic E-state index is 9.25. The second-order valence-corrected chi connectivity index (χ2v) is 11.8. The highest BCUT2D eigenvalue weighted by atomic mass is 127. The molecule has 6 aromatic rings. The molecule has 0 saturated carbocycles. The molecule has 0 spiro atoms. The van der Waals surface area contributed by atoms with E-state index in [1.165, 1.54) is 11.3 Å². The van der Waals surface area contributed by atoms with Crippen molar-refractivity contribution in [1.82, 2.24) is 9.97 Å². The van der Waals surface area contributed by atoms with E-state index in [9.17, 15) is 5.26 Å². The van der Waals surface area contributed by atoms with Crippen molar-refractivity contribution in [3.8, 4) is 50.2 Å². The van der Waals surface area contributed by atoms with Gasteiger partial charge in [0.2, 0.25) is 0 Å². The number of hydrogen-bond donors (Lipinski definition) is 0. The molecule has 2 aromatic heterocycles. The summed E-state index contributed by atoms with van der Waals surface area (Å²) in [6.45, 7) is 0. The molecular formula is C31H24IN3O4S2. The van der Waals surface area contributed by atoms with Crippen LogP contribution in [0.4, 0.5) is 0 Å². The van der Waals surface area contributed by atoms with E-state index in [4.69, 9.17) is 23.9 Å². The lowest BCUT2D eigenvalue weighted by atomic mass is 10.2. The molecule has 0 bridgehead atoms. The number of nitriles is 1. The topological polar surface area (TPSA) is 86.5 Å². The number of aromatic nitrogens is 2. The van der Waals surface area contributed by atoms with Crippen molar-refractivity contribution in [2.45, 2.75) is 0 Å². The number of methoxy groups -OCH3 is 4. The number of nitrogens with zero attached hydrogens (tertiary/aromatic N) is 3. The number of rotatable bonds is 6. The minimum absolute atomic E-state index is 0.528. The second kappa shape index (κ2) is 12.7. The Bertz CT molecular complexity index is 1860. The molecule has 0 radical (unpaired) electrons. The van der Waals surface area contributed by atoms with Crippen molar-refractivity contribution in [2.75, 3.05) is 28.4 Å². The van der Waals surface area contributed by atoms with Gasteiger partial charge in [0.15, 0.2) is 0 Å². The summed E-state index contributed by atoms with van der Waals surface area (Å²) in [4.78, 5) is 9.31. The van der Waals surface area contributed by atoms with Crippen LogP contribution in [0.25, 0.3) is 41.6 Å². The molecule has 0 unspecified atom stereocenters. The second-order valence-electron chi connectivity index (χ2n) is 8.58. The largest absolute Gasteiger partial charge is 0.497 e. The summed E-state index contributed by atoms with van der Waals surface area (Å²) >= 11 is 5.51. The van der Waals surface area contributed by atoms with Gasteiger partial charge in [0.25, 0.3) is 0 Å². The van der Waals surface area contributed by atoms with Crippen LogP contribution < -0.4 is 18.9 Å². The highest BCUT2D eigenvalue weighted by molar-refractivity contribution is 14.1. The molecule has 41 heavy (non-hydrogen) atoms. The molecule has 10 heteroatoms. The maximum absolute atomic E-state index is 9.25. The molecule has 6 rings (SSSR count). The van der Waals surface area contributed by atoms with E-state index in [0.29, 0.717) is 16.8 Å². The van der Waals surface area contributed by atoms with Crippen LogP contribution in [-0.2, 0) is 0 Å². The Kier molecular flexibility index (Phi) is 8.87. The summed E-state index contributed by atoms with van der Waals surface area (Å²) in [5, 5.41) is 11.1. The van der Waals surface area contributed by atoms with Crippen molar-refractivity contribution in [1.29, 1.82) is 5.26 Å². The minimum Gasteiger partial charge on any atom is -0.497 e. The Hall–Kier alpha value is -3.92. The van der Waals surface area contributed by atoms with E-state index in [1.54, 1.807) is 45.8 Å². The van der Waals surface area contributed by atoms with Crippen molar-refractivity contribution in [3.63, 3.8) is 0 Å². The van der Waals surface area contributed by atoms with Gasteiger partial charge >= 0.3 is 0 Å². The van der Waals surface area contributed by atoms with Gasteiger partial charge in [-0.05, 0) is 89.3 Å². The standard InChI is InChI=1S/C16H12N2O2S.C15H12INO2S/c1-19-12-5-3-10(4-6-12)16-18-15-11(9-17)7-13(20-2)8-14(15)21-16;1-18-10-5-3-9(4-6-10)15-17-14-12(16)7-11(19-2)8-13(14)20-15/h3-8H,1-2H3;3-8H,1-2H3. The van der Waals surface area contributed by atoms with E-state index >= 15 is 0 Å². The van der Waals surface area contributed by atoms with E-state index < -0.39 is 0 Å². The molecule has 0 aliphatic rings. The quantitative estimate of drug-likeness (QED) is 0.162. The zero-order chi connectivity index (χ0) is 28.9. The first-order chi connectivity index (χ1) is 20.0. The van der Waals surface area contributed by atoms with Gasteiger partial charge in [-0.1, -0.05) is 0 Å². The molecule has 0 saturated heterocycles. The van der Waals surface area contributed by atoms with E-state index in [1.807, 2.05) is 66.7 Å². The normalized spacial score (nSPS) is 10.5. The van der Waals surface area contributed by atoms with Crippen LogP contribution in [0.1, 0.15) is 5.56 Å². The fourth-order valence-electron chi connectivity index (χ4n) is 4.00. The number of fused-ring (bicyclic) bond motifs is 2. The molecule has 2 heterocycles. The first kappa shape index (κ1) is 28.6. The average molecular weight is 694 g/mol. The number of ether oxygens (including phenoxy) is 4. The minimum atomic E-state index is 0.528. The number of hydrogen-bond acceptors (Lipinski definition) is 9. The molecule has 0 aliphatic carbocycles. The molecule has 0 aliphatic heterocycles. The Morgan fingerprint density at radius 2 is 1.05 bits per heavy atom. The fraction of sp³-hybridized carbons (Fsp3) is 0.129. The summed E-state index contributed by atoms with van der Waals surface area (Å²) in [6, 6.07) is 25.5. The van der Waals surface area contributed by atoms with Gasteiger partial charge < -0.3 is 18.9 Å².